The lowest BCUT2D eigenvalue weighted by atomic mass is 10.1. The van der Waals surface area contributed by atoms with Crippen LogP contribution in [0.25, 0.3) is 0 Å². The van der Waals surface area contributed by atoms with E-state index in [1.165, 1.54) is 35.5 Å². The molecule has 2 heterocycles. The summed E-state index contributed by atoms with van der Waals surface area (Å²) in [7, 11) is 1.99. The molecule has 0 aromatic carbocycles. The smallest absolute Gasteiger partial charge is 0.0628 e. The molecular formula is C16H25N5. The molecule has 0 unspecified atom stereocenters. The van der Waals surface area contributed by atoms with Crippen molar-refractivity contribution in [2.75, 3.05) is 6.54 Å². The largest absolute Gasteiger partial charge is 0.314 e. The molecule has 1 aliphatic carbocycles. The van der Waals surface area contributed by atoms with E-state index in [0.717, 1.165) is 32.0 Å². The fraction of sp³-hybridized carbons (Fsp3) is 0.625. The lowest BCUT2D eigenvalue weighted by molar-refractivity contribution is 0.570. The molecule has 114 valence electrons. The van der Waals surface area contributed by atoms with Gasteiger partial charge in [0.05, 0.1) is 5.69 Å². The summed E-state index contributed by atoms with van der Waals surface area (Å²) in [4.78, 5) is 0. The summed E-state index contributed by atoms with van der Waals surface area (Å²) < 4.78 is 4.08. The molecule has 1 fully saturated rings. The molecule has 0 saturated heterocycles. The molecule has 0 aliphatic heterocycles. The van der Waals surface area contributed by atoms with Gasteiger partial charge in [0.25, 0.3) is 0 Å². The predicted octanol–water partition coefficient (Wildman–Crippen LogP) is 1.77. The molecule has 21 heavy (non-hydrogen) atoms. The third-order valence-electron chi connectivity index (χ3n) is 4.42. The molecule has 0 bridgehead atoms. The van der Waals surface area contributed by atoms with Crippen molar-refractivity contribution in [2.45, 2.75) is 52.1 Å². The Balaban J connectivity index is 1.61. The standard InChI is InChI=1S/C16H25N5/c1-12-16(7-9-17-14-4-5-14)13(2)21(19-12)11-8-15-6-10-18-20(15)3/h6,10,14,17H,4-5,7-9,11H2,1-3H3. The Morgan fingerprint density at radius 2 is 2.10 bits per heavy atom. The number of hydrogen-bond donors (Lipinski definition) is 1. The zero-order valence-electron chi connectivity index (χ0n) is 13.3. The monoisotopic (exact) mass is 287 g/mol. The first-order chi connectivity index (χ1) is 10.1. The highest BCUT2D eigenvalue weighted by Gasteiger charge is 2.20. The number of nitrogens with one attached hydrogen (secondary N) is 1. The summed E-state index contributed by atoms with van der Waals surface area (Å²) in [6, 6.07) is 2.86. The second-order valence-electron chi connectivity index (χ2n) is 6.05. The van der Waals surface area contributed by atoms with Gasteiger partial charge in [0, 0.05) is 43.6 Å². The van der Waals surface area contributed by atoms with Crippen LogP contribution < -0.4 is 5.32 Å². The summed E-state index contributed by atoms with van der Waals surface area (Å²) in [6.07, 6.45) is 6.60. The van der Waals surface area contributed by atoms with Crippen molar-refractivity contribution in [2.24, 2.45) is 7.05 Å². The second kappa shape index (κ2) is 6.02. The quantitative estimate of drug-likeness (QED) is 0.844. The molecule has 1 aliphatic rings. The minimum atomic E-state index is 0.783. The van der Waals surface area contributed by atoms with Gasteiger partial charge >= 0.3 is 0 Å². The lowest BCUT2D eigenvalue weighted by Crippen LogP contribution is -2.19. The third kappa shape index (κ3) is 3.35. The minimum Gasteiger partial charge on any atom is -0.314 e. The summed E-state index contributed by atoms with van der Waals surface area (Å²) in [5, 5.41) is 12.5. The molecular weight excluding hydrogens is 262 g/mol. The van der Waals surface area contributed by atoms with Crippen molar-refractivity contribution < 1.29 is 0 Å². The van der Waals surface area contributed by atoms with Crippen LogP contribution in [0, 0.1) is 13.8 Å². The van der Waals surface area contributed by atoms with Crippen molar-refractivity contribution >= 4 is 0 Å². The average Bonchev–Trinajstić information content (AvgIpc) is 3.14. The Labute approximate surface area is 126 Å². The molecule has 0 radical (unpaired) electrons. The Morgan fingerprint density at radius 3 is 2.76 bits per heavy atom. The molecule has 2 aromatic rings. The van der Waals surface area contributed by atoms with Crippen LogP contribution in [0.1, 0.15) is 35.5 Å². The van der Waals surface area contributed by atoms with E-state index in [0.29, 0.717) is 0 Å². The molecule has 5 nitrogen and oxygen atoms in total. The van der Waals surface area contributed by atoms with Gasteiger partial charge in [0.15, 0.2) is 0 Å². The molecule has 5 heteroatoms. The number of aromatic nitrogens is 4. The lowest BCUT2D eigenvalue weighted by Gasteiger charge is -2.07. The predicted molar refractivity (Wildman–Crippen MR) is 83.3 cm³/mol. The summed E-state index contributed by atoms with van der Waals surface area (Å²) >= 11 is 0. The summed E-state index contributed by atoms with van der Waals surface area (Å²) in [5.41, 5.74) is 5.15. The first kappa shape index (κ1) is 14.3. The maximum absolute atomic E-state index is 4.71. The van der Waals surface area contributed by atoms with Crippen molar-refractivity contribution in [3.63, 3.8) is 0 Å². The molecule has 0 spiro atoms. The molecule has 0 amide bonds. The van der Waals surface area contributed by atoms with Gasteiger partial charge in [0.1, 0.15) is 0 Å². The zero-order chi connectivity index (χ0) is 14.8. The maximum atomic E-state index is 4.71. The highest BCUT2D eigenvalue weighted by Crippen LogP contribution is 2.19. The van der Waals surface area contributed by atoms with E-state index in [9.17, 15) is 0 Å². The van der Waals surface area contributed by atoms with E-state index < -0.39 is 0 Å². The molecule has 1 N–H and O–H groups in total. The van der Waals surface area contributed by atoms with Crippen LogP contribution in [0.4, 0.5) is 0 Å². The Morgan fingerprint density at radius 1 is 1.29 bits per heavy atom. The first-order valence-electron chi connectivity index (χ1n) is 7.88. The number of rotatable bonds is 7. The number of nitrogens with zero attached hydrogens (tertiary/aromatic N) is 4. The number of aryl methyl sites for hydroxylation is 4. The van der Waals surface area contributed by atoms with E-state index in [2.05, 4.69) is 35.0 Å². The number of hydrogen-bond acceptors (Lipinski definition) is 3. The fourth-order valence-electron chi connectivity index (χ4n) is 2.87. The summed E-state index contributed by atoms with van der Waals surface area (Å²) in [6.45, 7) is 6.30. The van der Waals surface area contributed by atoms with Crippen LogP contribution in [0.2, 0.25) is 0 Å². The van der Waals surface area contributed by atoms with Crippen LogP contribution in [0.15, 0.2) is 12.3 Å². The molecule has 2 aromatic heterocycles. The van der Waals surface area contributed by atoms with Gasteiger partial charge in [-0.1, -0.05) is 0 Å². The van der Waals surface area contributed by atoms with Gasteiger partial charge in [-0.05, 0) is 51.3 Å². The van der Waals surface area contributed by atoms with Crippen LogP contribution in [0.5, 0.6) is 0 Å². The van der Waals surface area contributed by atoms with E-state index in [4.69, 9.17) is 5.10 Å². The highest BCUT2D eigenvalue weighted by atomic mass is 15.3. The van der Waals surface area contributed by atoms with Gasteiger partial charge in [0.2, 0.25) is 0 Å². The molecule has 1 saturated carbocycles. The van der Waals surface area contributed by atoms with E-state index >= 15 is 0 Å². The fourth-order valence-corrected chi connectivity index (χ4v) is 2.87. The summed E-state index contributed by atoms with van der Waals surface area (Å²) in [5.74, 6) is 0. The SMILES string of the molecule is Cc1nn(CCc2ccnn2C)c(C)c1CCNC1CC1. The van der Waals surface area contributed by atoms with Crippen LogP contribution in [-0.2, 0) is 26.4 Å². The third-order valence-corrected chi connectivity index (χ3v) is 4.42. The second-order valence-corrected chi connectivity index (χ2v) is 6.05. The van der Waals surface area contributed by atoms with Gasteiger partial charge in [-0.2, -0.15) is 10.2 Å². The molecule has 3 rings (SSSR count). The average molecular weight is 287 g/mol. The van der Waals surface area contributed by atoms with Gasteiger partial charge < -0.3 is 5.32 Å². The van der Waals surface area contributed by atoms with Crippen LogP contribution in [-0.4, -0.2) is 32.1 Å². The maximum Gasteiger partial charge on any atom is 0.0628 e. The van der Waals surface area contributed by atoms with Gasteiger partial charge in [-0.15, -0.1) is 0 Å². The van der Waals surface area contributed by atoms with Crippen molar-refractivity contribution in [3.05, 3.63) is 34.9 Å². The van der Waals surface area contributed by atoms with E-state index in [1.54, 1.807) is 0 Å². The highest BCUT2D eigenvalue weighted by molar-refractivity contribution is 5.25. The van der Waals surface area contributed by atoms with Crippen molar-refractivity contribution in [1.29, 1.82) is 0 Å². The van der Waals surface area contributed by atoms with Crippen molar-refractivity contribution in [3.8, 4) is 0 Å². The van der Waals surface area contributed by atoms with Gasteiger partial charge in [-0.3, -0.25) is 9.36 Å². The van der Waals surface area contributed by atoms with Crippen molar-refractivity contribution in [1.82, 2.24) is 24.9 Å². The normalized spacial score (nSPS) is 14.8. The van der Waals surface area contributed by atoms with Crippen LogP contribution in [0.3, 0.4) is 0 Å². The topological polar surface area (TPSA) is 47.7 Å². The van der Waals surface area contributed by atoms with Gasteiger partial charge in [-0.25, -0.2) is 0 Å². The minimum absolute atomic E-state index is 0.783. The van der Waals surface area contributed by atoms with E-state index in [1.807, 2.05) is 17.9 Å². The first-order valence-corrected chi connectivity index (χ1v) is 7.88. The zero-order valence-corrected chi connectivity index (χ0v) is 13.3. The Bertz CT molecular complexity index is 606. The molecule has 0 atom stereocenters. The Kier molecular flexibility index (Phi) is 4.10. The van der Waals surface area contributed by atoms with Crippen LogP contribution >= 0.6 is 0 Å². The Hall–Kier alpha value is -1.62. The van der Waals surface area contributed by atoms with E-state index in [-0.39, 0.29) is 0 Å².